The van der Waals surface area contributed by atoms with Crippen LogP contribution in [0.15, 0.2) is 34.7 Å². The molecule has 2 aromatic rings. The Bertz CT molecular complexity index is 708. The van der Waals surface area contributed by atoms with Crippen molar-refractivity contribution in [3.05, 3.63) is 34.3 Å². The number of hydrogen-bond donors (Lipinski definition) is 1. The molecule has 1 aromatic heterocycles. The molecule has 8 heteroatoms. The van der Waals surface area contributed by atoms with E-state index >= 15 is 0 Å². The Kier molecular flexibility index (Phi) is 5.82. The summed E-state index contributed by atoms with van der Waals surface area (Å²) in [7, 11) is 0. The number of carbonyl (C=O) groups is 1. The first-order chi connectivity index (χ1) is 11.2. The average Bonchev–Trinajstić information content (AvgIpc) is 2.96. The highest BCUT2D eigenvalue weighted by molar-refractivity contribution is 8.01. The van der Waals surface area contributed by atoms with E-state index in [0.717, 1.165) is 36.1 Å². The first-order valence-electron chi connectivity index (χ1n) is 7.38. The summed E-state index contributed by atoms with van der Waals surface area (Å²) < 4.78 is 8.51. The predicted octanol–water partition coefficient (Wildman–Crippen LogP) is 3.05. The molecular formula is C15H17N3O2S3. The summed E-state index contributed by atoms with van der Waals surface area (Å²) in [6.07, 6.45) is 1.77. The number of thioether (sulfide) groups is 1. The molecule has 0 radical (unpaired) electrons. The van der Waals surface area contributed by atoms with E-state index in [1.807, 2.05) is 30.3 Å². The maximum Gasteiger partial charge on any atom is 0.230 e. The van der Waals surface area contributed by atoms with Crippen molar-refractivity contribution in [2.45, 2.75) is 23.2 Å². The van der Waals surface area contributed by atoms with E-state index < -0.39 is 0 Å². The van der Waals surface area contributed by atoms with Gasteiger partial charge in [-0.15, -0.1) is 5.10 Å². The number of nitrogens with zero attached hydrogens (tertiary/aromatic N) is 2. The molecular weight excluding hydrogens is 350 g/mol. The van der Waals surface area contributed by atoms with Crippen molar-refractivity contribution in [1.29, 1.82) is 0 Å². The van der Waals surface area contributed by atoms with E-state index in [1.165, 1.54) is 23.1 Å². The van der Waals surface area contributed by atoms with Crippen molar-refractivity contribution in [3.8, 4) is 5.69 Å². The number of hydrogen-bond acceptors (Lipinski definition) is 6. The van der Waals surface area contributed by atoms with E-state index in [0.29, 0.717) is 9.71 Å². The minimum Gasteiger partial charge on any atom is -0.381 e. The van der Waals surface area contributed by atoms with Crippen LogP contribution in [0.1, 0.15) is 12.8 Å². The topological polar surface area (TPSA) is 56.2 Å². The molecule has 1 saturated heterocycles. The van der Waals surface area contributed by atoms with Crippen molar-refractivity contribution in [2.24, 2.45) is 0 Å². The molecule has 0 spiro atoms. The van der Waals surface area contributed by atoms with E-state index in [1.54, 1.807) is 4.68 Å². The number of aromatic nitrogens is 2. The van der Waals surface area contributed by atoms with Gasteiger partial charge < -0.3 is 10.1 Å². The molecule has 5 nitrogen and oxygen atoms in total. The number of amides is 1. The van der Waals surface area contributed by atoms with Crippen LogP contribution in [0.5, 0.6) is 0 Å². The van der Waals surface area contributed by atoms with Gasteiger partial charge in [-0.1, -0.05) is 41.3 Å². The van der Waals surface area contributed by atoms with E-state index in [9.17, 15) is 4.79 Å². The summed E-state index contributed by atoms with van der Waals surface area (Å²) in [4.78, 5) is 12.0. The molecule has 1 amide bonds. The van der Waals surface area contributed by atoms with Crippen LogP contribution in [-0.4, -0.2) is 40.7 Å². The summed E-state index contributed by atoms with van der Waals surface area (Å²) in [5.41, 5.74) is 0.937. The quantitative estimate of drug-likeness (QED) is 0.650. The SMILES string of the molecule is O=C(CSc1nn(-c2ccccc2)c(=S)s1)NC1CCOCC1. The van der Waals surface area contributed by atoms with E-state index in [-0.39, 0.29) is 11.9 Å². The van der Waals surface area contributed by atoms with Gasteiger partial charge in [-0.05, 0) is 37.2 Å². The smallest absolute Gasteiger partial charge is 0.230 e. The summed E-state index contributed by atoms with van der Waals surface area (Å²) in [5, 5.41) is 7.54. The van der Waals surface area contributed by atoms with Gasteiger partial charge in [0.05, 0.1) is 11.4 Å². The molecule has 0 atom stereocenters. The van der Waals surface area contributed by atoms with Crippen LogP contribution in [0.3, 0.4) is 0 Å². The summed E-state index contributed by atoms with van der Waals surface area (Å²) in [5.74, 6) is 0.392. The zero-order valence-electron chi connectivity index (χ0n) is 12.4. The lowest BCUT2D eigenvalue weighted by Gasteiger charge is -2.22. The van der Waals surface area contributed by atoms with Crippen LogP contribution >= 0.6 is 35.3 Å². The van der Waals surface area contributed by atoms with Gasteiger partial charge in [-0.2, -0.15) is 0 Å². The largest absolute Gasteiger partial charge is 0.381 e. The monoisotopic (exact) mass is 367 g/mol. The Balaban J connectivity index is 1.56. The standard InChI is InChI=1S/C15H17N3O2S3/c19-13(16-11-6-8-20-9-7-11)10-22-14-17-18(15(21)23-14)12-4-2-1-3-5-12/h1-5,11H,6-10H2,(H,16,19). The van der Waals surface area contributed by atoms with Crippen LogP contribution in [0, 0.1) is 3.95 Å². The maximum absolute atomic E-state index is 12.0. The molecule has 0 bridgehead atoms. The molecule has 0 unspecified atom stereocenters. The fourth-order valence-electron chi connectivity index (χ4n) is 2.29. The molecule has 122 valence electrons. The molecule has 3 rings (SSSR count). The Morgan fingerprint density at radius 2 is 2.13 bits per heavy atom. The van der Waals surface area contributed by atoms with Gasteiger partial charge in [-0.25, -0.2) is 4.68 Å². The fourth-order valence-corrected chi connectivity index (χ4v) is 4.46. The lowest BCUT2D eigenvalue weighted by Crippen LogP contribution is -2.39. The molecule has 1 N–H and O–H groups in total. The molecule has 1 aromatic carbocycles. The second kappa shape index (κ2) is 8.05. The highest BCUT2D eigenvalue weighted by atomic mass is 32.2. The van der Waals surface area contributed by atoms with Gasteiger partial charge in [-0.3, -0.25) is 4.79 Å². The minimum absolute atomic E-state index is 0.0364. The highest BCUT2D eigenvalue weighted by Crippen LogP contribution is 2.24. The number of benzene rings is 1. The van der Waals surface area contributed by atoms with Crippen LogP contribution in [0.25, 0.3) is 5.69 Å². The fraction of sp³-hybridized carbons (Fsp3) is 0.400. The van der Waals surface area contributed by atoms with Gasteiger partial charge in [0.15, 0.2) is 8.29 Å². The predicted molar refractivity (Wildman–Crippen MR) is 95.0 cm³/mol. The minimum atomic E-state index is 0.0364. The molecule has 1 aliphatic rings. The third-order valence-corrected chi connectivity index (χ3v) is 5.81. The molecule has 2 heterocycles. The molecule has 0 aliphatic carbocycles. The Morgan fingerprint density at radius 3 is 2.87 bits per heavy atom. The first-order valence-corrected chi connectivity index (χ1v) is 9.59. The van der Waals surface area contributed by atoms with Gasteiger partial charge in [0, 0.05) is 19.3 Å². The second-order valence-corrected chi connectivity index (χ2v) is 7.97. The van der Waals surface area contributed by atoms with Gasteiger partial charge >= 0.3 is 0 Å². The van der Waals surface area contributed by atoms with Gasteiger partial charge in [0.25, 0.3) is 0 Å². The number of nitrogens with one attached hydrogen (secondary N) is 1. The number of carbonyl (C=O) groups excluding carboxylic acids is 1. The van der Waals surface area contributed by atoms with Gasteiger partial charge in [0.1, 0.15) is 0 Å². The van der Waals surface area contributed by atoms with Crippen molar-refractivity contribution >= 4 is 41.2 Å². The van der Waals surface area contributed by atoms with Crippen LogP contribution in [-0.2, 0) is 9.53 Å². The Labute approximate surface area is 148 Å². The van der Waals surface area contributed by atoms with Crippen molar-refractivity contribution in [2.75, 3.05) is 19.0 Å². The van der Waals surface area contributed by atoms with Crippen LogP contribution in [0.4, 0.5) is 0 Å². The van der Waals surface area contributed by atoms with Gasteiger partial charge in [0.2, 0.25) is 5.91 Å². The summed E-state index contributed by atoms with van der Waals surface area (Å²) in [6.45, 7) is 1.45. The first kappa shape index (κ1) is 16.6. The normalized spacial score (nSPS) is 15.5. The molecule has 0 saturated carbocycles. The number of rotatable bonds is 5. The zero-order valence-corrected chi connectivity index (χ0v) is 14.9. The lowest BCUT2D eigenvalue weighted by atomic mass is 10.1. The van der Waals surface area contributed by atoms with Crippen LogP contribution in [0.2, 0.25) is 0 Å². The van der Waals surface area contributed by atoms with E-state index in [4.69, 9.17) is 17.0 Å². The van der Waals surface area contributed by atoms with Crippen molar-refractivity contribution < 1.29 is 9.53 Å². The molecule has 1 fully saturated rings. The third kappa shape index (κ3) is 4.63. The third-order valence-electron chi connectivity index (χ3n) is 3.44. The number of para-hydroxylation sites is 1. The second-order valence-electron chi connectivity index (χ2n) is 5.12. The highest BCUT2D eigenvalue weighted by Gasteiger charge is 2.16. The number of ether oxygens (including phenoxy) is 1. The van der Waals surface area contributed by atoms with Crippen molar-refractivity contribution in [3.63, 3.8) is 0 Å². The molecule has 1 aliphatic heterocycles. The Morgan fingerprint density at radius 1 is 1.39 bits per heavy atom. The average molecular weight is 368 g/mol. The zero-order chi connectivity index (χ0) is 16.1. The maximum atomic E-state index is 12.0. The lowest BCUT2D eigenvalue weighted by molar-refractivity contribution is -0.119. The Hall–Kier alpha value is -1.22. The summed E-state index contributed by atoms with van der Waals surface area (Å²) in [6, 6.07) is 10.0. The van der Waals surface area contributed by atoms with Crippen LogP contribution < -0.4 is 5.32 Å². The molecule has 23 heavy (non-hydrogen) atoms. The van der Waals surface area contributed by atoms with Crippen molar-refractivity contribution in [1.82, 2.24) is 15.1 Å². The van der Waals surface area contributed by atoms with E-state index in [2.05, 4.69) is 10.4 Å². The summed E-state index contributed by atoms with van der Waals surface area (Å²) >= 11 is 8.21.